The molecule has 1 atom stereocenters. The summed E-state index contributed by atoms with van der Waals surface area (Å²) < 4.78 is 13.5. The molecule has 5 aromatic rings. The Balaban J connectivity index is 1.38. The number of thioether (sulfide) groups is 1. The third-order valence-corrected chi connectivity index (χ3v) is 8.34. The Morgan fingerprint density at radius 3 is 2.20 bits per heavy atom. The molecule has 3 amide bonds. The number of amides is 3. The lowest BCUT2D eigenvalue weighted by atomic mass is 10.1. The van der Waals surface area contributed by atoms with Crippen LogP contribution in [0, 0.1) is 12.7 Å². The number of aryl methyl sites for hydroxylation is 1. The number of carbonyl (C=O) groups is 3. The van der Waals surface area contributed by atoms with Gasteiger partial charge in [0, 0.05) is 26.9 Å². The Hall–Kier alpha value is -5.18. The topological polar surface area (TPSA) is 87.3 Å². The van der Waals surface area contributed by atoms with Crippen LogP contribution in [0.15, 0.2) is 138 Å². The summed E-state index contributed by atoms with van der Waals surface area (Å²) in [5, 5.41) is 8.42. The Bertz CT molecular complexity index is 1880. The van der Waals surface area contributed by atoms with Crippen molar-refractivity contribution in [3.05, 3.63) is 166 Å². The molecule has 6 nitrogen and oxygen atoms in total. The van der Waals surface area contributed by atoms with Crippen LogP contribution < -0.4 is 16.0 Å². The largest absolute Gasteiger partial charge is 0.325 e. The second-order valence-electron chi connectivity index (χ2n) is 10.3. The van der Waals surface area contributed by atoms with Crippen molar-refractivity contribution in [1.29, 1.82) is 0 Å². The second kappa shape index (κ2) is 15.2. The van der Waals surface area contributed by atoms with Gasteiger partial charge in [0.15, 0.2) is 0 Å². The van der Waals surface area contributed by atoms with E-state index in [-0.39, 0.29) is 11.6 Å². The molecule has 0 spiro atoms. The van der Waals surface area contributed by atoms with Crippen LogP contribution in [0.4, 0.5) is 15.8 Å². The van der Waals surface area contributed by atoms with Gasteiger partial charge in [-0.3, -0.25) is 14.4 Å². The first-order chi connectivity index (χ1) is 22.2. The molecule has 0 aliphatic carbocycles. The van der Waals surface area contributed by atoms with Crippen LogP contribution in [-0.2, 0) is 9.59 Å². The zero-order valence-electron chi connectivity index (χ0n) is 24.7. The fraction of sp³-hybridized carbons (Fsp3) is 0.0541. The summed E-state index contributed by atoms with van der Waals surface area (Å²) >= 11 is 7.51. The molecular formula is C37H29ClFN3O3S. The number of benzene rings is 5. The zero-order valence-corrected chi connectivity index (χ0v) is 26.2. The predicted octanol–water partition coefficient (Wildman–Crippen LogP) is 8.67. The van der Waals surface area contributed by atoms with E-state index in [2.05, 4.69) is 16.0 Å². The molecule has 3 N–H and O–H groups in total. The highest BCUT2D eigenvalue weighted by Crippen LogP contribution is 2.37. The Morgan fingerprint density at radius 1 is 0.783 bits per heavy atom. The maximum absolute atomic E-state index is 13.6. The molecule has 0 radical (unpaired) electrons. The molecule has 1 unspecified atom stereocenters. The molecular weight excluding hydrogens is 621 g/mol. The van der Waals surface area contributed by atoms with Gasteiger partial charge in [-0.2, -0.15) is 0 Å². The van der Waals surface area contributed by atoms with Gasteiger partial charge in [-0.25, -0.2) is 4.39 Å². The Labute approximate surface area is 275 Å². The highest BCUT2D eigenvalue weighted by molar-refractivity contribution is 8.00. The fourth-order valence-corrected chi connectivity index (χ4v) is 5.73. The summed E-state index contributed by atoms with van der Waals surface area (Å²) in [5.41, 5.74) is 3.62. The number of halogens is 2. The minimum absolute atomic E-state index is 0.0306. The highest BCUT2D eigenvalue weighted by Gasteiger charge is 2.23. The minimum Gasteiger partial charge on any atom is -0.325 e. The average molecular weight is 650 g/mol. The molecule has 5 rings (SSSR count). The third-order valence-electron chi connectivity index (χ3n) is 6.85. The summed E-state index contributed by atoms with van der Waals surface area (Å²) in [4.78, 5) is 40.8. The molecule has 0 aromatic heterocycles. The maximum Gasteiger partial charge on any atom is 0.272 e. The van der Waals surface area contributed by atoms with Crippen molar-refractivity contribution in [2.24, 2.45) is 0 Å². The van der Waals surface area contributed by atoms with Gasteiger partial charge in [-0.1, -0.05) is 84.4 Å². The molecule has 0 saturated heterocycles. The first-order valence-electron chi connectivity index (χ1n) is 14.3. The smallest absolute Gasteiger partial charge is 0.272 e. The molecule has 9 heteroatoms. The van der Waals surface area contributed by atoms with Gasteiger partial charge < -0.3 is 16.0 Å². The van der Waals surface area contributed by atoms with Gasteiger partial charge in [-0.15, -0.1) is 11.8 Å². The van der Waals surface area contributed by atoms with E-state index in [0.29, 0.717) is 27.5 Å². The molecule has 230 valence electrons. The summed E-state index contributed by atoms with van der Waals surface area (Å²) in [5.74, 6) is -1.70. The molecule has 5 aromatic carbocycles. The zero-order chi connectivity index (χ0) is 32.5. The first kappa shape index (κ1) is 32.2. The van der Waals surface area contributed by atoms with Crippen molar-refractivity contribution in [2.45, 2.75) is 17.1 Å². The summed E-state index contributed by atoms with van der Waals surface area (Å²) in [6.45, 7) is 1.89. The van der Waals surface area contributed by atoms with Crippen LogP contribution in [0.25, 0.3) is 6.08 Å². The second-order valence-corrected chi connectivity index (χ2v) is 11.9. The van der Waals surface area contributed by atoms with Crippen LogP contribution in [0.3, 0.4) is 0 Å². The molecule has 0 bridgehead atoms. The van der Waals surface area contributed by atoms with Gasteiger partial charge in [-0.05, 0) is 84.3 Å². The fourth-order valence-electron chi connectivity index (χ4n) is 4.48. The number of anilines is 2. The molecule has 0 fully saturated rings. The van der Waals surface area contributed by atoms with Crippen LogP contribution in [0.2, 0.25) is 5.02 Å². The van der Waals surface area contributed by atoms with E-state index in [1.165, 1.54) is 42.1 Å². The van der Waals surface area contributed by atoms with Crippen molar-refractivity contribution in [2.75, 3.05) is 10.6 Å². The summed E-state index contributed by atoms with van der Waals surface area (Å²) in [6.07, 6.45) is 1.47. The lowest BCUT2D eigenvalue weighted by Crippen LogP contribution is -2.30. The normalized spacial score (nSPS) is 11.8. The van der Waals surface area contributed by atoms with Crippen molar-refractivity contribution < 1.29 is 18.8 Å². The van der Waals surface area contributed by atoms with E-state index in [9.17, 15) is 18.8 Å². The SMILES string of the molecule is Cc1ccc(Cl)cc1NC(=O)C(Sc1cccc(NC(=O)/C(=C\c2ccc(F)cc2)NC(=O)c2ccccc2)c1)c1ccccc1. The highest BCUT2D eigenvalue weighted by atomic mass is 35.5. The van der Waals surface area contributed by atoms with Gasteiger partial charge in [0.2, 0.25) is 5.91 Å². The maximum atomic E-state index is 13.6. The Kier molecular flexibility index (Phi) is 10.7. The van der Waals surface area contributed by atoms with Crippen molar-refractivity contribution in [3.63, 3.8) is 0 Å². The molecule has 46 heavy (non-hydrogen) atoms. The van der Waals surface area contributed by atoms with Gasteiger partial charge in [0.05, 0.1) is 0 Å². The number of hydrogen-bond donors (Lipinski definition) is 3. The third kappa shape index (κ3) is 8.72. The van der Waals surface area contributed by atoms with E-state index in [4.69, 9.17) is 11.6 Å². The number of nitrogens with one attached hydrogen (secondary N) is 3. The molecule has 0 aliphatic heterocycles. The van der Waals surface area contributed by atoms with Crippen LogP contribution >= 0.6 is 23.4 Å². The van der Waals surface area contributed by atoms with Crippen molar-refractivity contribution in [3.8, 4) is 0 Å². The van der Waals surface area contributed by atoms with Gasteiger partial charge >= 0.3 is 0 Å². The van der Waals surface area contributed by atoms with Crippen LogP contribution in [0.5, 0.6) is 0 Å². The first-order valence-corrected chi connectivity index (χ1v) is 15.5. The molecule has 0 saturated carbocycles. The monoisotopic (exact) mass is 649 g/mol. The minimum atomic E-state index is -0.621. The average Bonchev–Trinajstić information content (AvgIpc) is 3.07. The van der Waals surface area contributed by atoms with E-state index in [1.54, 1.807) is 60.7 Å². The van der Waals surface area contributed by atoms with E-state index in [1.807, 2.05) is 49.4 Å². The standard InChI is InChI=1S/C37H29ClFN3O3S/c1-24-15-18-28(38)22-32(24)41-37(45)34(26-9-4-2-5-10-26)46-31-14-8-13-30(23-31)40-36(44)33(21-25-16-19-29(39)20-17-25)42-35(43)27-11-6-3-7-12-27/h2-23,34H,1H3,(H,40,44)(H,41,45)(H,42,43)/b33-21+. The molecule has 0 heterocycles. The quantitative estimate of drug-likeness (QED) is 0.104. The Morgan fingerprint density at radius 2 is 1.48 bits per heavy atom. The van der Waals surface area contributed by atoms with Crippen molar-refractivity contribution >= 4 is 58.5 Å². The number of hydrogen-bond acceptors (Lipinski definition) is 4. The van der Waals surface area contributed by atoms with Gasteiger partial charge in [0.25, 0.3) is 11.8 Å². The van der Waals surface area contributed by atoms with Crippen LogP contribution in [0.1, 0.15) is 32.3 Å². The summed E-state index contributed by atoms with van der Waals surface area (Å²) in [6, 6.07) is 35.9. The van der Waals surface area contributed by atoms with E-state index in [0.717, 1.165) is 16.0 Å². The van der Waals surface area contributed by atoms with E-state index < -0.39 is 22.9 Å². The number of rotatable bonds is 10. The molecule has 0 aliphatic rings. The number of carbonyl (C=O) groups excluding carboxylic acids is 3. The predicted molar refractivity (Wildman–Crippen MR) is 183 cm³/mol. The van der Waals surface area contributed by atoms with Crippen molar-refractivity contribution in [1.82, 2.24) is 5.32 Å². The van der Waals surface area contributed by atoms with Crippen LogP contribution in [-0.4, -0.2) is 17.7 Å². The lowest BCUT2D eigenvalue weighted by molar-refractivity contribution is -0.116. The van der Waals surface area contributed by atoms with Gasteiger partial charge in [0.1, 0.15) is 16.8 Å². The van der Waals surface area contributed by atoms with E-state index >= 15 is 0 Å². The summed E-state index contributed by atoms with van der Waals surface area (Å²) in [7, 11) is 0. The lowest BCUT2D eigenvalue weighted by Gasteiger charge is -2.19.